The first-order chi connectivity index (χ1) is 12.9. The molecule has 0 aliphatic heterocycles. The van der Waals surface area contributed by atoms with E-state index in [0.29, 0.717) is 22.9 Å². The number of nitrogens with one attached hydrogen (secondary N) is 1. The first-order valence-corrected chi connectivity index (χ1v) is 10.2. The highest BCUT2D eigenvalue weighted by Crippen LogP contribution is 2.25. The van der Waals surface area contributed by atoms with Crippen molar-refractivity contribution < 1.29 is 4.79 Å². The summed E-state index contributed by atoms with van der Waals surface area (Å²) in [5, 5.41) is 12.4. The maximum atomic E-state index is 12.9. The second-order valence-corrected chi connectivity index (χ2v) is 8.18. The SMILES string of the molecule is CCCCn1c(=O)c2ccccc2n2c(S[C@@H](C)C(=O)NC(C)C)nnc12. The minimum Gasteiger partial charge on any atom is -0.353 e. The number of rotatable bonds is 7. The first kappa shape index (κ1) is 19.4. The molecule has 0 fully saturated rings. The fourth-order valence-electron chi connectivity index (χ4n) is 2.94. The summed E-state index contributed by atoms with van der Waals surface area (Å²) in [5.74, 6) is 0.474. The van der Waals surface area contributed by atoms with E-state index in [1.807, 2.05) is 49.4 Å². The lowest BCUT2D eigenvalue weighted by Gasteiger charge is -2.14. The predicted octanol–water partition coefficient (Wildman–Crippen LogP) is 2.85. The van der Waals surface area contributed by atoms with Crippen molar-refractivity contribution in [2.24, 2.45) is 0 Å². The van der Waals surface area contributed by atoms with Gasteiger partial charge in [0.25, 0.3) is 5.56 Å². The lowest BCUT2D eigenvalue weighted by atomic mass is 10.2. The Morgan fingerprint density at radius 1 is 1.22 bits per heavy atom. The van der Waals surface area contributed by atoms with Gasteiger partial charge in [0.1, 0.15) is 0 Å². The Labute approximate surface area is 162 Å². The number of thioether (sulfide) groups is 1. The van der Waals surface area contributed by atoms with Gasteiger partial charge < -0.3 is 5.32 Å². The van der Waals surface area contributed by atoms with Crippen molar-refractivity contribution in [1.29, 1.82) is 0 Å². The predicted molar refractivity (Wildman–Crippen MR) is 108 cm³/mol. The van der Waals surface area contributed by atoms with E-state index in [1.54, 1.807) is 4.57 Å². The molecule has 0 bridgehead atoms. The van der Waals surface area contributed by atoms with Gasteiger partial charge in [-0.25, -0.2) is 0 Å². The van der Waals surface area contributed by atoms with Gasteiger partial charge >= 0.3 is 0 Å². The Kier molecular flexibility index (Phi) is 5.84. The third-order valence-corrected chi connectivity index (χ3v) is 5.34. The van der Waals surface area contributed by atoms with Gasteiger partial charge in [0, 0.05) is 12.6 Å². The van der Waals surface area contributed by atoms with Crippen LogP contribution in [0.2, 0.25) is 0 Å². The van der Waals surface area contributed by atoms with Crippen LogP contribution in [0.3, 0.4) is 0 Å². The molecule has 2 aromatic heterocycles. The third-order valence-electron chi connectivity index (χ3n) is 4.30. The summed E-state index contributed by atoms with van der Waals surface area (Å²) >= 11 is 1.34. The molecule has 0 aliphatic carbocycles. The molecule has 2 heterocycles. The molecule has 0 spiro atoms. The molecule has 1 amide bonds. The van der Waals surface area contributed by atoms with Gasteiger partial charge in [-0.2, -0.15) is 0 Å². The molecule has 0 unspecified atom stereocenters. The zero-order valence-electron chi connectivity index (χ0n) is 16.1. The Morgan fingerprint density at radius 2 is 1.96 bits per heavy atom. The topological polar surface area (TPSA) is 81.3 Å². The number of aromatic nitrogens is 4. The van der Waals surface area contributed by atoms with Gasteiger partial charge in [-0.05, 0) is 39.3 Å². The van der Waals surface area contributed by atoms with Crippen LogP contribution in [0.4, 0.5) is 0 Å². The van der Waals surface area contributed by atoms with E-state index in [-0.39, 0.29) is 22.8 Å². The molecule has 0 aliphatic rings. The van der Waals surface area contributed by atoms with Crippen LogP contribution in [0.5, 0.6) is 0 Å². The first-order valence-electron chi connectivity index (χ1n) is 9.27. The summed E-state index contributed by atoms with van der Waals surface area (Å²) in [6, 6.07) is 7.54. The average Bonchev–Trinajstić information content (AvgIpc) is 3.04. The lowest BCUT2D eigenvalue weighted by molar-refractivity contribution is -0.120. The van der Waals surface area contributed by atoms with Crippen LogP contribution < -0.4 is 10.9 Å². The molecule has 8 heteroatoms. The number of carbonyl (C=O) groups excluding carboxylic acids is 1. The summed E-state index contributed by atoms with van der Waals surface area (Å²) in [6.45, 7) is 8.39. The van der Waals surface area contributed by atoms with Crippen LogP contribution in [0.15, 0.2) is 34.2 Å². The summed E-state index contributed by atoms with van der Waals surface area (Å²) in [5.41, 5.74) is 0.704. The molecule has 0 radical (unpaired) electrons. The standard InChI is InChI=1S/C19H25N5O2S/c1-5-6-11-23-17(26)14-9-7-8-10-15(14)24-18(23)21-22-19(24)27-13(4)16(25)20-12(2)3/h7-10,12-13H,5-6,11H2,1-4H3,(H,20,25)/t13-/m0/s1. The van der Waals surface area contributed by atoms with Gasteiger partial charge in [-0.15, -0.1) is 10.2 Å². The smallest absolute Gasteiger partial charge is 0.262 e. The Bertz CT molecular complexity index is 1020. The van der Waals surface area contributed by atoms with Crippen molar-refractivity contribution in [2.45, 2.75) is 63.5 Å². The normalized spacial score (nSPS) is 12.8. The van der Waals surface area contributed by atoms with E-state index in [0.717, 1.165) is 18.4 Å². The van der Waals surface area contributed by atoms with E-state index in [2.05, 4.69) is 22.4 Å². The maximum absolute atomic E-state index is 12.9. The number of amides is 1. The fraction of sp³-hybridized carbons (Fsp3) is 0.474. The quantitative estimate of drug-likeness (QED) is 0.631. The number of unbranched alkanes of at least 4 members (excludes halogenated alkanes) is 1. The van der Waals surface area contributed by atoms with Crippen molar-refractivity contribution in [2.75, 3.05) is 0 Å². The number of hydrogen-bond donors (Lipinski definition) is 1. The molecule has 1 atom stereocenters. The average molecular weight is 388 g/mol. The van der Waals surface area contributed by atoms with Crippen LogP contribution in [0.25, 0.3) is 16.7 Å². The fourth-order valence-corrected chi connectivity index (χ4v) is 3.81. The van der Waals surface area contributed by atoms with Gasteiger partial charge in [-0.1, -0.05) is 37.2 Å². The van der Waals surface area contributed by atoms with E-state index in [4.69, 9.17) is 0 Å². The lowest BCUT2D eigenvalue weighted by Crippen LogP contribution is -2.36. The zero-order chi connectivity index (χ0) is 19.6. The summed E-state index contributed by atoms with van der Waals surface area (Å²) < 4.78 is 3.57. The van der Waals surface area contributed by atoms with E-state index < -0.39 is 0 Å². The van der Waals surface area contributed by atoms with Gasteiger partial charge in [0.05, 0.1) is 16.2 Å². The Hall–Kier alpha value is -2.35. The van der Waals surface area contributed by atoms with Crippen LogP contribution >= 0.6 is 11.8 Å². The molecule has 144 valence electrons. The van der Waals surface area contributed by atoms with Crippen molar-refractivity contribution >= 4 is 34.3 Å². The number of aryl methyl sites for hydroxylation is 1. The monoisotopic (exact) mass is 387 g/mol. The molecule has 7 nitrogen and oxygen atoms in total. The number of nitrogens with zero attached hydrogens (tertiary/aromatic N) is 4. The number of benzene rings is 1. The molecular weight excluding hydrogens is 362 g/mol. The van der Waals surface area contributed by atoms with Gasteiger partial charge in [0.2, 0.25) is 11.7 Å². The van der Waals surface area contributed by atoms with E-state index >= 15 is 0 Å². The molecule has 27 heavy (non-hydrogen) atoms. The zero-order valence-corrected chi connectivity index (χ0v) is 16.9. The maximum Gasteiger partial charge on any atom is 0.262 e. The van der Waals surface area contributed by atoms with Gasteiger partial charge in [-0.3, -0.25) is 18.6 Å². The second kappa shape index (κ2) is 8.12. The molecule has 0 saturated heterocycles. The largest absolute Gasteiger partial charge is 0.353 e. The third kappa shape index (κ3) is 3.85. The van der Waals surface area contributed by atoms with Crippen LogP contribution in [-0.4, -0.2) is 36.4 Å². The minimum absolute atomic E-state index is 0.0460. The highest BCUT2D eigenvalue weighted by Gasteiger charge is 2.21. The second-order valence-electron chi connectivity index (χ2n) is 6.87. The number of hydrogen-bond acceptors (Lipinski definition) is 5. The highest BCUT2D eigenvalue weighted by atomic mass is 32.2. The van der Waals surface area contributed by atoms with E-state index in [9.17, 15) is 9.59 Å². The molecule has 3 aromatic rings. The molecule has 0 saturated carbocycles. The molecule has 1 N–H and O–H groups in total. The minimum atomic E-state index is -0.324. The van der Waals surface area contributed by atoms with Crippen LogP contribution in [0.1, 0.15) is 40.5 Å². The summed E-state index contributed by atoms with van der Waals surface area (Å²) in [7, 11) is 0. The number of carbonyl (C=O) groups is 1. The van der Waals surface area contributed by atoms with Crippen LogP contribution in [0, 0.1) is 0 Å². The molecule has 3 rings (SSSR count). The van der Waals surface area contributed by atoms with Crippen molar-refractivity contribution in [3.05, 3.63) is 34.6 Å². The highest BCUT2D eigenvalue weighted by molar-refractivity contribution is 8.00. The number of para-hydroxylation sites is 1. The summed E-state index contributed by atoms with van der Waals surface area (Å²) in [4.78, 5) is 25.2. The Morgan fingerprint density at radius 3 is 2.67 bits per heavy atom. The molecule has 1 aromatic carbocycles. The summed E-state index contributed by atoms with van der Waals surface area (Å²) in [6.07, 6.45) is 1.87. The number of fused-ring (bicyclic) bond motifs is 3. The van der Waals surface area contributed by atoms with Crippen LogP contribution in [-0.2, 0) is 11.3 Å². The molecular formula is C19H25N5O2S. The van der Waals surface area contributed by atoms with Gasteiger partial charge in [0.15, 0.2) is 5.16 Å². The Balaban J connectivity index is 2.12. The van der Waals surface area contributed by atoms with E-state index in [1.165, 1.54) is 11.8 Å². The van der Waals surface area contributed by atoms with Crippen molar-refractivity contribution in [1.82, 2.24) is 24.5 Å². The van der Waals surface area contributed by atoms with Crippen molar-refractivity contribution in [3.63, 3.8) is 0 Å². The van der Waals surface area contributed by atoms with Crippen molar-refractivity contribution in [3.8, 4) is 0 Å².